The zero-order chi connectivity index (χ0) is 16.5. The summed E-state index contributed by atoms with van der Waals surface area (Å²) in [5.74, 6) is 0. The van der Waals surface area contributed by atoms with Crippen LogP contribution in [0.1, 0.15) is 6.92 Å². The lowest BCUT2D eigenvalue weighted by Gasteiger charge is -2.09. The van der Waals surface area contributed by atoms with E-state index in [1.165, 1.54) is 0 Å². The first-order chi connectivity index (χ1) is 11.2. The molecule has 0 aliphatic carbocycles. The number of benzene rings is 1. The minimum atomic E-state index is -0.490. The Balaban J connectivity index is 1.72. The monoisotopic (exact) mass is 316 g/mol. The van der Waals surface area contributed by atoms with Crippen LogP contribution >= 0.6 is 0 Å². The van der Waals surface area contributed by atoms with Crippen LogP contribution in [0.2, 0.25) is 0 Å². The molecule has 7 nitrogen and oxygen atoms in total. The molecule has 0 saturated carbocycles. The van der Waals surface area contributed by atoms with Gasteiger partial charge in [-0.15, -0.1) is 0 Å². The summed E-state index contributed by atoms with van der Waals surface area (Å²) in [6.45, 7) is 2.66. The van der Waals surface area contributed by atoms with Crippen molar-refractivity contribution in [1.82, 2.24) is 15.2 Å². The minimum Gasteiger partial charge on any atom is -0.450 e. The number of hydrogen-bond donors (Lipinski definition) is 3. The number of anilines is 1. The Hall–Kier alpha value is -2.96. The smallest absolute Gasteiger partial charge is 0.407 e. The molecule has 0 bridgehead atoms. The summed E-state index contributed by atoms with van der Waals surface area (Å²) in [6.07, 6.45) is 3.41. The predicted octanol–water partition coefficient (Wildman–Crippen LogP) is 2.34. The van der Waals surface area contributed by atoms with Gasteiger partial charge in [-0.05, 0) is 43.3 Å². The highest BCUT2D eigenvalue weighted by Crippen LogP contribution is 2.13. The molecule has 1 aromatic carbocycles. The largest absolute Gasteiger partial charge is 0.450 e. The number of ether oxygens (including phenoxy) is 1. The van der Waals surface area contributed by atoms with E-state index in [0.29, 0.717) is 25.4 Å². The van der Waals surface area contributed by atoms with Crippen molar-refractivity contribution in [1.29, 1.82) is 0 Å². The van der Waals surface area contributed by atoms with Crippen molar-refractivity contribution in [3.05, 3.63) is 48.8 Å². The molecular weight excluding hydrogens is 296 g/mol. The second-order valence-corrected chi connectivity index (χ2v) is 4.67. The van der Waals surface area contributed by atoms with Crippen LogP contribution in [0.25, 0.3) is 5.69 Å². The number of rotatable bonds is 6. The molecule has 0 spiro atoms. The maximum atomic E-state index is 11.7. The van der Waals surface area contributed by atoms with Crippen LogP contribution in [-0.2, 0) is 4.74 Å². The van der Waals surface area contributed by atoms with Gasteiger partial charge in [0.15, 0.2) is 0 Å². The van der Waals surface area contributed by atoms with E-state index in [2.05, 4.69) is 16.0 Å². The maximum absolute atomic E-state index is 11.7. The van der Waals surface area contributed by atoms with Gasteiger partial charge in [0.25, 0.3) is 0 Å². The van der Waals surface area contributed by atoms with Crippen molar-refractivity contribution in [2.24, 2.45) is 0 Å². The molecule has 2 aromatic rings. The average Bonchev–Trinajstić information content (AvgIpc) is 3.07. The molecule has 2 rings (SSSR count). The number of hydrogen-bond acceptors (Lipinski definition) is 3. The Kier molecular flexibility index (Phi) is 6.05. The van der Waals surface area contributed by atoms with Crippen LogP contribution in [0, 0.1) is 0 Å². The van der Waals surface area contributed by atoms with Crippen LogP contribution in [0.3, 0.4) is 0 Å². The van der Waals surface area contributed by atoms with Gasteiger partial charge >= 0.3 is 12.1 Å². The van der Waals surface area contributed by atoms with Crippen LogP contribution in [-0.4, -0.2) is 36.4 Å². The van der Waals surface area contributed by atoms with Crippen LogP contribution in [0.5, 0.6) is 0 Å². The van der Waals surface area contributed by atoms with E-state index in [1.54, 1.807) is 6.92 Å². The summed E-state index contributed by atoms with van der Waals surface area (Å²) in [5.41, 5.74) is 1.70. The highest BCUT2D eigenvalue weighted by atomic mass is 16.5. The van der Waals surface area contributed by atoms with Crippen molar-refractivity contribution >= 4 is 17.8 Å². The van der Waals surface area contributed by atoms with E-state index in [0.717, 1.165) is 5.69 Å². The summed E-state index contributed by atoms with van der Waals surface area (Å²) >= 11 is 0. The number of carbonyl (C=O) groups excluding carboxylic acids is 2. The van der Waals surface area contributed by atoms with E-state index in [-0.39, 0.29) is 6.03 Å². The van der Waals surface area contributed by atoms with E-state index < -0.39 is 6.09 Å². The number of amides is 3. The Labute approximate surface area is 134 Å². The number of carbonyl (C=O) groups is 2. The fraction of sp³-hybridized carbons (Fsp3) is 0.250. The van der Waals surface area contributed by atoms with Gasteiger partial charge in [0.1, 0.15) is 0 Å². The topological polar surface area (TPSA) is 84.4 Å². The second kappa shape index (κ2) is 8.47. The molecule has 0 atom stereocenters. The Bertz CT molecular complexity index is 623. The molecule has 1 heterocycles. The fourth-order valence-electron chi connectivity index (χ4n) is 1.92. The minimum absolute atomic E-state index is 0.304. The third-order valence-corrected chi connectivity index (χ3v) is 2.98. The Morgan fingerprint density at radius 1 is 1.04 bits per heavy atom. The molecule has 1 aromatic heterocycles. The van der Waals surface area contributed by atoms with Crippen molar-refractivity contribution in [3.63, 3.8) is 0 Å². The van der Waals surface area contributed by atoms with Crippen LogP contribution in [0.15, 0.2) is 48.8 Å². The lowest BCUT2D eigenvalue weighted by molar-refractivity contribution is 0.152. The summed E-state index contributed by atoms with van der Waals surface area (Å²) in [4.78, 5) is 22.8. The van der Waals surface area contributed by atoms with Gasteiger partial charge in [-0.1, -0.05) is 0 Å². The van der Waals surface area contributed by atoms with Crippen molar-refractivity contribution in [2.45, 2.75) is 6.92 Å². The van der Waals surface area contributed by atoms with Gasteiger partial charge in [-0.3, -0.25) is 0 Å². The molecule has 23 heavy (non-hydrogen) atoms. The van der Waals surface area contributed by atoms with Crippen molar-refractivity contribution in [3.8, 4) is 5.69 Å². The maximum Gasteiger partial charge on any atom is 0.407 e. The van der Waals surface area contributed by atoms with Gasteiger partial charge in [-0.2, -0.15) is 0 Å². The van der Waals surface area contributed by atoms with Gasteiger partial charge in [-0.25, -0.2) is 9.59 Å². The molecule has 3 N–H and O–H groups in total. The van der Waals surface area contributed by atoms with Crippen molar-refractivity contribution in [2.75, 3.05) is 25.0 Å². The standard InChI is InChI=1S/C16H20N4O3/c1-2-23-16(22)18-10-9-17-15(21)19-13-5-7-14(8-6-13)20-11-3-4-12-20/h3-8,11-12H,2,9-10H2,1H3,(H,18,22)(H2,17,19,21). The third-order valence-electron chi connectivity index (χ3n) is 2.98. The molecule has 0 radical (unpaired) electrons. The van der Waals surface area contributed by atoms with E-state index in [9.17, 15) is 9.59 Å². The predicted molar refractivity (Wildman–Crippen MR) is 87.8 cm³/mol. The third kappa shape index (κ3) is 5.39. The zero-order valence-electron chi connectivity index (χ0n) is 12.9. The van der Waals surface area contributed by atoms with Gasteiger partial charge in [0.2, 0.25) is 0 Å². The summed E-state index contributed by atoms with van der Waals surface area (Å²) in [6, 6.07) is 11.0. The molecule has 0 aliphatic heterocycles. The SMILES string of the molecule is CCOC(=O)NCCNC(=O)Nc1ccc(-n2cccc2)cc1. The second-order valence-electron chi connectivity index (χ2n) is 4.67. The van der Waals surface area contributed by atoms with Crippen LogP contribution in [0.4, 0.5) is 15.3 Å². The molecule has 3 amide bonds. The highest BCUT2D eigenvalue weighted by Gasteiger charge is 2.03. The lowest BCUT2D eigenvalue weighted by atomic mass is 10.3. The number of nitrogens with zero attached hydrogens (tertiary/aromatic N) is 1. The van der Waals surface area contributed by atoms with Gasteiger partial charge < -0.3 is 25.3 Å². The highest BCUT2D eigenvalue weighted by molar-refractivity contribution is 5.89. The molecule has 0 saturated heterocycles. The molecule has 0 unspecified atom stereocenters. The molecule has 7 heteroatoms. The number of nitrogens with one attached hydrogen (secondary N) is 3. The summed E-state index contributed by atoms with van der Waals surface area (Å²) in [7, 11) is 0. The van der Waals surface area contributed by atoms with E-state index in [1.807, 2.05) is 53.4 Å². The van der Waals surface area contributed by atoms with Crippen molar-refractivity contribution < 1.29 is 14.3 Å². The Morgan fingerprint density at radius 3 is 2.35 bits per heavy atom. The Morgan fingerprint density at radius 2 is 1.70 bits per heavy atom. The molecule has 0 fully saturated rings. The van der Waals surface area contributed by atoms with E-state index in [4.69, 9.17) is 4.74 Å². The lowest BCUT2D eigenvalue weighted by Crippen LogP contribution is -2.37. The first-order valence-corrected chi connectivity index (χ1v) is 7.38. The van der Waals surface area contributed by atoms with E-state index >= 15 is 0 Å². The number of aromatic nitrogens is 1. The molecular formula is C16H20N4O3. The van der Waals surface area contributed by atoms with Gasteiger partial charge in [0.05, 0.1) is 6.61 Å². The molecule has 0 aliphatic rings. The first kappa shape index (κ1) is 16.4. The van der Waals surface area contributed by atoms with Gasteiger partial charge in [0, 0.05) is 36.9 Å². The first-order valence-electron chi connectivity index (χ1n) is 7.38. The quantitative estimate of drug-likeness (QED) is 0.715. The zero-order valence-corrected chi connectivity index (χ0v) is 12.9. The fourth-order valence-corrected chi connectivity index (χ4v) is 1.92. The summed E-state index contributed by atoms with van der Waals surface area (Å²) < 4.78 is 6.68. The normalized spacial score (nSPS) is 9.96. The van der Waals surface area contributed by atoms with Crippen LogP contribution < -0.4 is 16.0 Å². The molecule has 122 valence electrons. The number of alkyl carbamates (subject to hydrolysis) is 1. The average molecular weight is 316 g/mol. The summed E-state index contributed by atoms with van der Waals surface area (Å²) in [5, 5.41) is 7.89. The number of urea groups is 1.